The quantitative estimate of drug-likeness (QED) is 0.672. The third kappa shape index (κ3) is 3.81. The first kappa shape index (κ1) is 15.8. The fourth-order valence-corrected chi connectivity index (χ4v) is 3.30. The number of rotatable bonds is 4. The van der Waals surface area contributed by atoms with Crippen molar-refractivity contribution in [2.45, 2.75) is 11.8 Å². The first-order valence-corrected chi connectivity index (χ1v) is 9.24. The van der Waals surface area contributed by atoms with Crippen LogP contribution in [0, 0.1) is 6.92 Å². The second-order valence-corrected chi connectivity index (χ2v) is 6.83. The van der Waals surface area contributed by atoms with Crippen LogP contribution in [0.2, 0.25) is 0 Å². The van der Waals surface area contributed by atoms with E-state index in [2.05, 4.69) is 29.4 Å². The zero-order chi connectivity index (χ0) is 16.2. The van der Waals surface area contributed by atoms with Gasteiger partial charge in [-0.1, -0.05) is 35.9 Å². The number of aromatic nitrogens is 1. The van der Waals surface area contributed by atoms with E-state index in [9.17, 15) is 4.79 Å². The molecule has 0 aliphatic heterocycles. The first-order chi connectivity index (χ1) is 11.2. The van der Waals surface area contributed by atoms with Crippen LogP contribution < -0.4 is 5.32 Å². The predicted octanol–water partition coefficient (Wildman–Crippen LogP) is 5.09. The van der Waals surface area contributed by atoms with Crippen LogP contribution in [0.25, 0.3) is 11.3 Å². The zero-order valence-corrected chi connectivity index (χ0v) is 14.5. The van der Waals surface area contributed by atoms with Gasteiger partial charge in [-0.25, -0.2) is 4.98 Å². The Kier molecular flexibility index (Phi) is 4.79. The van der Waals surface area contributed by atoms with Crippen molar-refractivity contribution < 1.29 is 4.79 Å². The van der Waals surface area contributed by atoms with Crippen molar-refractivity contribution in [2.24, 2.45) is 0 Å². The van der Waals surface area contributed by atoms with Gasteiger partial charge in [0.25, 0.3) is 5.91 Å². The summed E-state index contributed by atoms with van der Waals surface area (Å²) in [6.07, 6.45) is 1.99. The predicted molar refractivity (Wildman–Crippen MR) is 98.5 cm³/mol. The molecule has 0 spiro atoms. The Morgan fingerprint density at radius 1 is 1.17 bits per heavy atom. The topological polar surface area (TPSA) is 42.0 Å². The first-order valence-electron chi connectivity index (χ1n) is 7.13. The molecule has 0 saturated carbocycles. The summed E-state index contributed by atoms with van der Waals surface area (Å²) in [5, 5.41) is 5.44. The molecule has 116 valence electrons. The third-order valence-electron chi connectivity index (χ3n) is 3.40. The molecule has 0 aliphatic carbocycles. The van der Waals surface area contributed by atoms with E-state index in [0.717, 1.165) is 16.2 Å². The highest BCUT2D eigenvalue weighted by Crippen LogP contribution is 2.25. The van der Waals surface area contributed by atoms with Crippen LogP contribution in [0.1, 0.15) is 15.9 Å². The highest BCUT2D eigenvalue weighted by molar-refractivity contribution is 7.98. The number of anilines is 1. The number of nitrogens with zero attached hydrogens (tertiary/aromatic N) is 1. The number of amides is 1. The van der Waals surface area contributed by atoms with Gasteiger partial charge < -0.3 is 0 Å². The summed E-state index contributed by atoms with van der Waals surface area (Å²) < 4.78 is 0. The van der Waals surface area contributed by atoms with E-state index >= 15 is 0 Å². The van der Waals surface area contributed by atoms with Crippen molar-refractivity contribution in [3.63, 3.8) is 0 Å². The molecule has 2 aromatic carbocycles. The number of aryl methyl sites for hydroxylation is 1. The molecule has 3 rings (SSSR count). The van der Waals surface area contributed by atoms with Gasteiger partial charge in [0.15, 0.2) is 5.13 Å². The van der Waals surface area contributed by atoms with E-state index in [-0.39, 0.29) is 5.91 Å². The maximum Gasteiger partial charge on any atom is 0.257 e. The van der Waals surface area contributed by atoms with Gasteiger partial charge in [-0.2, -0.15) is 0 Å². The lowest BCUT2D eigenvalue weighted by Crippen LogP contribution is -2.11. The number of benzene rings is 2. The number of carbonyl (C=O) groups excluding carboxylic acids is 1. The molecule has 0 fully saturated rings. The molecule has 0 bridgehead atoms. The highest BCUT2D eigenvalue weighted by atomic mass is 32.2. The summed E-state index contributed by atoms with van der Waals surface area (Å²) in [5.41, 5.74) is 3.79. The summed E-state index contributed by atoms with van der Waals surface area (Å²) in [7, 11) is 0. The Morgan fingerprint density at radius 2 is 1.96 bits per heavy atom. The number of hydrogen-bond acceptors (Lipinski definition) is 4. The number of carbonyl (C=O) groups is 1. The van der Waals surface area contributed by atoms with Gasteiger partial charge in [0, 0.05) is 21.4 Å². The number of nitrogens with one attached hydrogen (secondary N) is 1. The molecule has 0 radical (unpaired) electrons. The molecule has 0 unspecified atom stereocenters. The third-order valence-corrected chi connectivity index (χ3v) is 4.89. The van der Waals surface area contributed by atoms with Crippen LogP contribution in [0.5, 0.6) is 0 Å². The molecule has 3 aromatic rings. The fraction of sp³-hybridized carbons (Fsp3) is 0.111. The van der Waals surface area contributed by atoms with Crippen LogP contribution in [0.3, 0.4) is 0 Å². The molecular weight excluding hydrogens is 324 g/mol. The van der Waals surface area contributed by atoms with Crippen molar-refractivity contribution in [1.82, 2.24) is 4.98 Å². The van der Waals surface area contributed by atoms with Crippen molar-refractivity contribution in [3.05, 3.63) is 65.0 Å². The highest BCUT2D eigenvalue weighted by Gasteiger charge is 2.10. The van der Waals surface area contributed by atoms with Gasteiger partial charge in [-0.15, -0.1) is 23.1 Å². The zero-order valence-electron chi connectivity index (χ0n) is 12.9. The molecule has 0 atom stereocenters. The lowest BCUT2D eigenvalue weighted by Gasteiger charge is -2.03. The van der Waals surface area contributed by atoms with E-state index in [0.29, 0.717) is 10.7 Å². The largest absolute Gasteiger partial charge is 0.298 e. The summed E-state index contributed by atoms with van der Waals surface area (Å²) in [6, 6.07) is 15.8. The van der Waals surface area contributed by atoms with Crippen molar-refractivity contribution in [3.8, 4) is 11.3 Å². The average molecular weight is 340 g/mol. The van der Waals surface area contributed by atoms with Gasteiger partial charge in [0.2, 0.25) is 0 Å². The molecule has 1 heterocycles. The second kappa shape index (κ2) is 6.98. The van der Waals surface area contributed by atoms with E-state index in [1.807, 2.05) is 48.0 Å². The van der Waals surface area contributed by atoms with Gasteiger partial charge in [-0.3, -0.25) is 10.1 Å². The van der Waals surface area contributed by atoms with Crippen LogP contribution in [-0.2, 0) is 0 Å². The molecule has 1 N–H and O–H groups in total. The molecule has 0 saturated heterocycles. The Balaban J connectivity index is 1.75. The van der Waals surface area contributed by atoms with E-state index in [1.165, 1.54) is 16.9 Å². The smallest absolute Gasteiger partial charge is 0.257 e. The lowest BCUT2D eigenvalue weighted by molar-refractivity contribution is 0.102. The Bertz CT molecular complexity index is 825. The summed E-state index contributed by atoms with van der Waals surface area (Å²) >= 11 is 3.05. The van der Waals surface area contributed by atoms with Crippen LogP contribution in [-0.4, -0.2) is 17.1 Å². The van der Waals surface area contributed by atoms with Gasteiger partial charge >= 0.3 is 0 Å². The average Bonchev–Trinajstić information content (AvgIpc) is 3.04. The molecule has 23 heavy (non-hydrogen) atoms. The number of thioether (sulfide) groups is 1. The normalized spacial score (nSPS) is 10.5. The fourth-order valence-electron chi connectivity index (χ4n) is 2.12. The van der Waals surface area contributed by atoms with Crippen molar-refractivity contribution >= 4 is 34.1 Å². The minimum Gasteiger partial charge on any atom is -0.298 e. The molecule has 1 aromatic heterocycles. The maximum atomic E-state index is 12.3. The number of thiazole rings is 1. The Labute approximate surface area is 143 Å². The monoisotopic (exact) mass is 340 g/mol. The molecule has 1 amide bonds. The summed E-state index contributed by atoms with van der Waals surface area (Å²) in [6.45, 7) is 2.05. The lowest BCUT2D eigenvalue weighted by atomic mass is 10.1. The van der Waals surface area contributed by atoms with E-state index in [1.54, 1.807) is 11.8 Å². The molecular formula is C18H16N2OS2. The van der Waals surface area contributed by atoms with Crippen LogP contribution in [0.15, 0.2) is 58.8 Å². The Hall–Kier alpha value is -2.11. The van der Waals surface area contributed by atoms with Crippen LogP contribution in [0.4, 0.5) is 5.13 Å². The van der Waals surface area contributed by atoms with E-state index in [4.69, 9.17) is 0 Å². The molecule has 5 heteroatoms. The maximum absolute atomic E-state index is 12.3. The minimum absolute atomic E-state index is 0.134. The summed E-state index contributed by atoms with van der Waals surface area (Å²) in [4.78, 5) is 17.9. The van der Waals surface area contributed by atoms with Crippen molar-refractivity contribution in [2.75, 3.05) is 11.6 Å². The number of hydrogen-bond donors (Lipinski definition) is 1. The minimum atomic E-state index is -0.134. The SMILES string of the molecule is CSc1cccc(C(=O)Nc2nc(-c3ccc(C)cc3)cs2)c1. The van der Waals surface area contributed by atoms with Crippen molar-refractivity contribution in [1.29, 1.82) is 0 Å². The van der Waals surface area contributed by atoms with E-state index < -0.39 is 0 Å². The second-order valence-electron chi connectivity index (χ2n) is 5.09. The molecule has 3 nitrogen and oxygen atoms in total. The standard InChI is InChI=1S/C18H16N2OS2/c1-12-6-8-13(9-7-12)16-11-23-18(19-16)20-17(21)14-4-3-5-15(10-14)22-2/h3-11H,1-2H3,(H,19,20,21). The van der Waals surface area contributed by atoms with Gasteiger partial charge in [0.05, 0.1) is 5.69 Å². The van der Waals surface area contributed by atoms with Gasteiger partial charge in [-0.05, 0) is 31.4 Å². The molecule has 0 aliphatic rings. The van der Waals surface area contributed by atoms with Gasteiger partial charge in [0.1, 0.15) is 0 Å². The Morgan fingerprint density at radius 3 is 2.70 bits per heavy atom. The van der Waals surface area contributed by atoms with Crippen LogP contribution >= 0.6 is 23.1 Å². The summed E-state index contributed by atoms with van der Waals surface area (Å²) in [5.74, 6) is -0.134.